The van der Waals surface area contributed by atoms with E-state index in [1.165, 1.54) is 22.6 Å². The zero-order valence-corrected chi connectivity index (χ0v) is 16.5. The first-order chi connectivity index (χ1) is 12.9. The first-order valence-electron chi connectivity index (χ1n) is 9.27. The van der Waals surface area contributed by atoms with E-state index in [-0.39, 0.29) is 11.7 Å². The Morgan fingerprint density at radius 1 is 1.22 bits per heavy atom. The van der Waals surface area contributed by atoms with Crippen molar-refractivity contribution < 1.29 is 13.9 Å². The van der Waals surface area contributed by atoms with Gasteiger partial charge in [0.15, 0.2) is 11.6 Å². The zero-order valence-electron chi connectivity index (χ0n) is 16.5. The summed E-state index contributed by atoms with van der Waals surface area (Å²) in [5, 5.41) is 0. The monoisotopic (exact) mass is 369 g/mol. The van der Waals surface area contributed by atoms with Gasteiger partial charge in [-0.1, -0.05) is 38.5 Å². The molecule has 0 saturated carbocycles. The molecule has 0 aliphatic carbocycles. The van der Waals surface area contributed by atoms with Crippen LogP contribution in [0.3, 0.4) is 0 Å². The van der Waals surface area contributed by atoms with Gasteiger partial charge in [0.25, 0.3) is 5.91 Å². The van der Waals surface area contributed by atoms with Gasteiger partial charge < -0.3 is 9.64 Å². The van der Waals surface area contributed by atoms with Gasteiger partial charge >= 0.3 is 0 Å². The largest absolute Gasteiger partial charge is 0.454 e. The molecule has 0 saturated heterocycles. The summed E-state index contributed by atoms with van der Waals surface area (Å²) in [5.41, 5.74) is 1.52. The summed E-state index contributed by atoms with van der Waals surface area (Å²) in [6.45, 7) is 8.25. The zero-order chi connectivity index (χ0) is 20.0. The molecule has 0 aromatic heterocycles. The van der Waals surface area contributed by atoms with Crippen molar-refractivity contribution in [2.45, 2.75) is 32.6 Å². The normalized spacial score (nSPS) is 12.9. The Kier molecular flexibility index (Phi) is 7.17. The first-order valence-corrected chi connectivity index (χ1v) is 9.27. The second-order valence-corrected chi connectivity index (χ2v) is 7.00. The van der Waals surface area contributed by atoms with Crippen LogP contribution in [0.15, 0.2) is 55.1 Å². The van der Waals surface area contributed by atoms with Crippen molar-refractivity contribution in [3.8, 4) is 11.5 Å². The Morgan fingerprint density at radius 2 is 1.89 bits per heavy atom. The summed E-state index contributed by atoms with van der Waals surface area (Å²) in [6.07, 6.45) is 4.05. The predicted octanol–water partition coefficient (Wildman–Crippen LogP) is 6.03. The average molecular weight is 369 g/mol. The molecule has 3 nitrogen and oxygen atoms in total. The van der Waals surface area contributed by atoms with Gasteiger partial charge in [0.1, 0.15) is 5.75 Å². The van der Waals surface area contributed by atoms with Gasteiger partial charge in [-0.05, 0) is 54.2 Å². The molecule has 1 amide bonds. The molecular weight excluding hydrogens is 341 g/mol. The SMILES string of the molecule is C=CCC(CC)C(C)c1ccc(Oc2ccc(C(=O)N(C)C)cc2F)cc1. The lowest BCUT2D eigenvalue weighted by Crippen LogP contribution is -2.21. The van der Waals surface area contributed by atoms with E-state index in [4.69, 9.17) is 4.74 Å². The second-order valence-electron chi connectivity index (χ2n) is 7.00. The van der Waals surface area contributed by atoms with E-state index >= 15 is 0 Å². The Bertz CT molecular complexity index is 783. The van der Waals surface area contributed by atoms with Crippen molar-refractivity contribution in [3.63, 3.8) is 0 Å². The lowest BCUT2D eigenvalue weighted by Gasteiger charge is -2.22. The summed E-state index contributed by atoms with van der Waals surface area (Å²) in [6, 6.07) is 12.0. The fourth-order valence-corrected chi connectivity index (χ4v) is 3.15. The minimum Gasteiger partial charge on any atom is -0.454 e. The van der Waals surface area contributed by atoms with Crippen LogP contribution in [0.2, 0.25) is 0 Å². The topological polar surface area (TPSA) is 29.5 Å². The molecule has 0 aliphatic rings. The summed E-state index contributed by atoms with van der Waals surface area (Å²) in [4.78, 5) is 13.3. The molecule has 0 spiro atoms. The number of nitrogens with zero attached hydrogens (tertiary/aromatic N) is 1. The number of amides is 1. The molecule has 0 fully saturated rings. The van der Waals surface area contributed by atoms with Gasteiger partial charge in [0.2, 0.25) is 0 Å². The highest BCUT2D eigenvalue weighted by atomic mass is 19.1. The van der Waals surface area contributed by atoms with Crippen LogP contribution < -0.4 is 4.74 Å². The number of ether oxygens (including phenoxy) is 1. The predicted molar refractivity (Wildman–Crippen MR) is 108 cm³/mol. The van der Waals surface area contributed by atoms with Crippen LogP contribution in [0, 0.1) is 11.7 Å². The minimum absolute atomic E-state index is 0.101. The lowest BCUT2D eigenvalue weighted by molar-refractivity contribution is 0.0827. The molecule has 0 heterocycles. The van der Waals surface area contributed by atoms with Gasteiger partial charge in [-0.2, -0.15) is 0 Å². The van der Waals surface area contributed by atoms with E-state index in [1.54, 1.807) is 20.2 Å². The molecule has 4 heteroatoms. The number of allylic oxidation sites excluding steroid dienone is 1. The number of hydrogen-bond donors (Lipinski definition) is 0. The maximum Gasteiger partial charge on any atom is 0.253 e. The molecule has 2 rings (SSSR count). The van der Waals surface area contributed by atoms with Crippen molar-refractivity contribution in [2.24, 2.45) is 5.92 Å². The molecule has 0 N–H and O–H groups in total. The average Bonchev–Trinajstić information content (AvgIpc) is 2.67. The van der Waals surface area contributed by atoms with Crippen molar-refractivity contribution in [2.75, 3.05) is 14.1 Å². The van der Waals surface area contributed by atoms with Crippen molar-refractivity contribution >= 4 is 5.91 Å². The molecule has 144 valence electrons. The number of hydrogen-bond acceptors (Lipinski definition) is 2. The summed E-state index contributed by atoms with van der Waals surface area (Å²) in [7, 11) is 3.26. The van der Waals surface area contributed by atoms with Crippen molar-refractivity contribution in [1.82, 2.24) is 4.90 Å². The van der Waals surface area contributed by atoms with Gasteiger partial charge in [0, 0.05) is 19.7 Å². The van der Waals surface area contributed by atoms with Crippen LogP contribution >= 0.6 is 0 Å². The molecule has 27 heavy (non-hydrogen) atoms. The Morgan fingerprint density at radius 3 is 2.41 bits per heavy atom. The molecule has 2 unspecified atom stereocenters. The lowest BCUT2D eigenvalue weighted by atomic mass is 9.84. The van der Waals surface area contributed by atoms with Crippen LogP contribution in [0.25, 0.3) is 0 Å². The fraction of sp³-hybridized carbons (Fsp3) is 0.348. The van der Waals surface area contributed by atoms with E-state index < -0.39 is 5.82 Å². The van der Waals surface area contributed by atoms with Crippen molar-refractivity contribution in [3.05, 3.63) is 72.1 Å². The van der Waals surface area contributed by atoms with Crippen molar-refractivity contribution in [1.29, 1.82) is 0 Å². The van der Waals surface area contributed by atoms with E-state index in [2.05, 4.69) is 20.4 Å². The van der Waals surface area contributed by atoms with E-state index in [0.29, 0.717) is 23.1 Å². The van der Waals surface area contributed by atoms with Crippen LogP contribution in [-0.4, -0.2) is 24.9 Å². The second kappa shape index (κ2) is 9.36. The summed E-state index contributed by atoms with van der Waals surface area (Å²) < 4.78 is 20.0. The molecular formula is C23H28FNO2. The van der Waals surface area contributed by atoms with Crippen LogP contribution in [-0.2, 0) is 0 Å². The third-order valence-corrected chi connectivity index (χ3v) is 4.92. The molecule has 2 aromatic rings. The molecule has 0 aliphatic heterocycles. The number of benzene rings is 2. The van der Waals surface area contributed by atoms with Crippen LogP contribution in [0.5, 0.6) is 11.5 Å². The standard InChI is InChI=1S/C23H28FNO2/c1-6-8-17(7-2)16(3)18-9-12-20(13-10-18)27-22-14-11-19(15-21(22)24)23(26)25(4)5/h6,9-17H,1,7-8H2,2-5H3. The Labute approximate surface area is 161 Å². The first kappa shape index (κ1) is 20.7. The third kappa shape index (κ3) is 5.19. The van der Waals surface area contributed by atoms with E-state index in [0.717, 1.165) is 12.8 Å². The van der Waals surface area contributed by atoms with E-state index in [1.807, 2.05) is 30.3 Å². The highest BCUT2D eigenvalue weighted by Gasteiger charge is 2.16. The Hall–Kier alpha value is -2.62. The molecule has 0 radical (unpaired) electrons. The van der Waals surface area contributed by atoms with Gasteiger partial charge in [-0.15, -0.1) is 6.58 Å². The molecule has 2 atom stereocenters. The minimum atomic E-state index is -0.558. The van der Waals surface area contributed by atoms with Gasteiger partial charge in [0.05, 0.1) is 0 Å². The van der Waals surface area contributed by atoms with Crippen LogP contribution in [0.4, 0.5) is 4.39 Å². The highest BCUT2D eigenvalue weighted by Crippen LogP contribution is 2.32. The molecule has 0 bridgehead atoms. The van der Waals surface area contributed by atoms with Crippen LogP contribution in [0.1, 0.15) is 48.5 Å². The smallest absolute Gasteiger partial charge is 0.253 e. The Balaban J connectivity index is 2.12. The number of rotatable bonds is 8. The number of carbonyl (C=O) groups is 1. The van der Waals surface area contributed by atoms with E-state index in [9.17, 15) is 9.18 Å². The summed E-state index contributed by atoms with van der Waals surface area (Å²) >= 11 is 0. The third-order valence-electron chi connectivity index (χ3n) is 4.92. The quantitative estimate of drug-likeness (QED) is 0.532. The molecule has 2 aromatic carbocycles. The van der Waals surface area contributed by atoms with Gasteiger partial charge in [-0.25, -0.2) is 4.39 Å². The number of halogens is 1. The fourth-order valence-electron chi connectivity index (χ4n) is 3.15. The van der Waals surface area contributed by atoms with Gasteiger partial charge in [-0.3, -0.25) is 4.79 Å². The summed E-state index contributed by atoms with van der Waals surface area (Å²) in [5.74, 6) is 0.821. The highest BCUT2D eigenvalue weighted by molar-refractivity contribution is 5.94. The maximum absolute atomic E-state index is 14.3. The number of carbonyl (C=O) groups excluding carboxylic acids is 1. The maximum atomic E-state index is 14.3.